The van der Waals surface area contributed by atoms with Crippen LogP contribution in [0.3, 0.4) is 0 Å². The normalized spacial score (nSPS) is 10.9. The molecule has 3 N–H and O–H groups in total. The third kappa shape index (κ3) is 2.23. The van der Waals surface area contributed by atoms with E-state index in [1.165, 1.54) is 10.8 Å². The first-order valence-corrected chi connectivity index (χ1v) is 7.20. The number of anilines is 1. The molecule has 106 valence electrons. The van der Waals surface area contributed by atoms with Crippen LogP contribution in [0, 0.1) is 0 Å². The summed E-state index contributed by atoms with van der Waals surface area (Å²) in [4.78, 5) is 0. The van der Waals surface area contributed by atoms with Gasteiger partial charge in [-0.05, 0) is 40.6 Å². The molecule has 1 aromatic heterocycles. The molecule has 1 heterocycles. The van der Waals surface area contributed by atoms with Gasteiger partial charge >= 0.3 is 0 Å². The highest BCUT2D eigenvalue weighted by molar-refractivity contribution is 5.87. The van der Waals surface area contributed by atoms with E-state index >= 15 is 0 Å². The molecule has 22 heavy (non-hydrogen) atoms. The quantitative estimate of drug-likeness (QED) is 0.533. The fraction of sp³-hybridized carbons (Fsp3) is 0. The molecule has 0 saturated carbocycles. The average molecular weight is 285 g/mol. The Labute approximate surface area is 128 Å². The maximum absolute atomic E-state index is 5.73. The first-order chi connectivity index (χ1) is 10.8. The first-order valence-electron chi connectivity index (χ1n) is 7.20. The average Bonchev–Trinajstić information content (AvgIpc) is 3.05. The molecule has 0 fully saturated rings. The van der Waals surface area contributed by atoms with Crippen LogP contribution in [0.4, 0.5) is 5.69 Å². The molecular formula is C19H15N3. The summed E-state index contributed by atoms with van der Waals surface area (Å²) in [5.41, 5.74) is 10.6. The van der Waals surface area contributed by atoms with Crippen molar-refractivity contribution >= 4 is 16.5 Å². The number of nitrogens with one attached hydrogen (secondary N) is 1. The number of aromatic amines is 1. The zero-order chi connectivity index (χ0) is 14.9. The second kappa shape index (κ2) is 5.04. The van der Waals surface area contributed by atoms with Crippen LogP contribution >= 0.6 is 0 Å². The maximum Gasteiger partial charge on any atom is 0.0927 e. The monoisotopic (exact) mass is 285 g/mol. The Morgan fingerprint density at radius 3 is 2.27 bits per heavy atom. The Kier molecular flexibility index (Phi) is 2.90. The molecule has 0 unspecified atom stereocenters. The first kappa shape index (κ1) is 12.7. The van der Waals surface area contributed by atoms with Crippen molar-refractivity contribution < 1.29 is 0 Å². The van der Waals surface area contributed by atoms with Crippen LogP contribution in [0.1, 0.15) is 0 Å². The van der Waals surface area contributed by atoms with Crippen molar-refractivity contribution in [3.05, 3.63) is 72.8 Å². The molecule has 0 atom stereocenters. The van der Waals surface area contributed by atoms with E-state index in [9.17, 15) is 0 Å². The van der Waals surface area contributed by atoms with Gasteiger partial charge in [0.2, 0.25) is 0 Å². The van der Waals surface area contributed by atoms with Gasteiger partial charge in [-0.2, -0.15) is 5.10 Å². The predicted octanol–water partition coefficient (Wildman–Crippen LogP) is 4.48. The number of nitrogens with two attached hydrogens (primary N) is 1. The summed E-state index contributed by atoms with van der Waals surface area (Å²) in [6.07, 6.45) is 0. The number of benzene rings is 3. The van der Waals surface area contributed by atoms with Crippen LogP contribution in [0.2, 0.25) is 0 Å². The summed E-state index contributed by atoms with van der Waals surface area (Å²) in [5.74, 6) is 0. The van der Waals surface area contributed by atoms with Gasteiger partial charge in [-0.1, -0.05) is 48.5 Å². The van der Waals surface area contributed by atoms with Crippen molar-refractivity contribution in [1.29, 1.82) is 0 Å². The van der Waals surface area contributed by atoms with Gasteiger partial charge in [0, 0.05) is 11.3 Å². The van der Waals surface area contributed by atoms with Crippen LogP contribution in [0.15, 0.2) is 72.8 Å². The lowest BCUT2D eigenvalue weighted by Crippen LogP contribution is -1.83. The second-order valence-electron chi connectivity index (χ2n) is 5.35. The van der Waals surface area contributed by atoms with Gasteiger partial charge in [-0.25, -0.2) is 0 Å². The second-order valence-corrected chi connectivity index (χ2v) is 5.35. The fourth-order valence-corrected chi connectivity index (χ4v) is 2.63. The lowest BCUT2D eigenvalue weighted by atomic mass is 10.0. The minimum atomic E-state index is 0.762. The van der Waals surface area contributed by atoms with Crippen molar-refractivity contribution in [2.45, 2.75) is 0 Å². The number of fused-ring (bicyclic) bond motifs is 1. The Bertz CT molecular complexity index is 936. The van der Waals surface area contributed by atoms with Crippen molar-refractivity contribution in [3.63, 3.8) is 0 Å². The van der Waals surface area contributed by atoms with Gasteiger partial charge in [-0.3, -0.25) is 5.10 Å². The molecule has 4 aromatic rings. The van der Waals surface area contributed by atoms with E-state index in [0.717, 1.165) is 28.2 Å². The number of nitrogen functional groups attached to an aromatic ring is 1. The molecule has 0 saturated heterocycles. The highest BCUT2D eigenvalue weighted by Crippen LogP contribution is 2.26. The summed E-state index contributed by atoms with van der Waals surface area (Å²) < 4.78 is 0. The zero-order valence-corrected chi connectivity index (χ0v) is 12.0. The number of hydrogen-bond acceptors (Lipinski definition) is 2. The van der Waals surface area contributed by atoms with Crippen molar-refractivity contribution in [2.24, 2.45) is 0 Å². The minimum Gasteiger partial charge on any atom is -0.399 e. The lowest BCUT2D eigenvalue weighted by molar-refractivity contribution is 1.10. The maximum atomic E-state index is 5.73. The van der Waals surface area contributed by atoms with E-state index in [-0.39, 0.29) is 0 Å². The van der Waals surface area contributed by atoms with Gasteiger partial charge in [-0.15, -0.1) is 0 Å². The molecule has 0 aliphatic heterocycles. The van der Waals surface area contributed by atoms with Crippen LogP contribution in [-0.2, 0) is 0 Å². The smallest absolute Gasteiger partial charge is 0.0927 e. The molecule has 3 nitrogen and oxygen atoms in total. The Morgan fingerprint density at radius 2 is 1.45 bits per heavy atom. The molecular weight excluding hydrogens is 270 g/mol. The summed E-state index contributed by atoms with van der Waals surface area (Å²) in [5, 5.41) is 9.99. The van der Waals surface area contributed by atoms with Crippen molar-refractivity contribution in [1.82, 2.24) is 10.2 Å². The van der Waals surface area contributed by atoms with Gasteiger partial charge < -0.3 is 5.73 Å². The molecule has 0 amide bonds. The van der Waals surface area contributed by atoms with Crippen molar-refractivity contribution in [2.75, 3.05) is 5.73 Å². The molecule has 4 rings (SSSR count). The van der Waals surface area contributed by atoms with Crippen LogP contribution in [-0.4, -0.2) is 10.2 Å². The molecule has 3 aromatic carbocycles. The minimum absolute atomic E-state index is 0.762. The van der Waals surface area contributed by atoms with E-state index in [4.69, 9.17) is 5.73 Å². The third-order valence-electron chi connectivity index (χ3n) is 3.84. The highest BCUT2D eigenvalue weighted by Gasteiger charge is 2.06. The van der Waals surface area contributed by atoms with Gasteiger partial charge in [0.25, 0.3) is 0 Å². The van der Waals surface area contributed by atoms with E-state index < -0.39 is 0 Å². The Morgan fingerprint density at radius 1 is 0.727 bits per heavy atom. The van der Waals surface area contributed by atoms with E-state index in [1.807, 2.05) is 24.3 Å². The van der Waals surface area contributed by atoms with E-state index in [1.54, 1.807) is 0 Å². The van der Waals surface area contributed by atoms with Crippen LogP contribution in [0.25, 0.3) is 33.3 Å². The Hall–Kier alpha value is -3.07. The van der Waals surface area contributed by atoms with Crippen molar-refractivity contribution in [3.8, 4) is 22.5 Å². The number of H-pyrrole nitrogens is 1. The summed E-state index contributed by atoms with van der Waals surface area (Å²) in [6.45, 7) is 0. The topological polar surface area (TPSA) is 54.7 Å². The number of rotatable bonds is 2. The molecule has 3 heteroatoms. The Balaban J connectivity index is 1.74. The molecule has 0 aliphatic carbocycles. The molecule has 0 bridgehead atoms. The number of nitrogens with zero attached hydrogens (tertiary/aromatic N) is 1. The van der Waals surface area contributed by atoms with Crippen LogP contribution in [0.5, 0.6) is 0 Å². The van der Waals surface area contributed by atoms with Gasteiger partial charge in [0.1, 0.15) is 0 Å². The van der Waals surface area contributed by atoms with Crippen LogP contribution < -0.4 is 5.73 Å². The fourth-order valence-electron chi connectivity index (χ4n) is 2.63. The number of hydrogen-bond donors (Lipinski definition) is 2. The number of aromatic nitrogens is 2. The third-order valence-corrected chi connectivity index (χ3v) is 3.84. The van der Waals surface area contributed by atoms with E-state index in [0.29, 0.717) is 0 Å². The molecule has 0 radical (unpaired) electrons. The van der Waals surface area contributed by atoms with E-state index in [2.05, 4.69) is 58.7 Å². The lowest BCUT2D eigenvalue weighted by Gasteiger charge is -2.00. The zero-order valence-electron chi connectivity index (χ0n) is 12.0. The summed E-state index contributed by atoms with van der Waals surface area (Å²) in [7, 11) is 0. The summed E-state index contributed by atoms with van der Waals surface area (Å²) >= 11 is 0. The molecule has 0 spiro atoms. The van der Waals surface area contributed by atoms with Gasteiger partial charge in [0.15, 0.2) is 0 Å². The van der Waals surface area contributed by atoms with Gasteiger partial charge in [0.05, 0.1) is 11.4 Å². The summed E-state index contributed by atoms with van der Waals surface area (Å²) in [6, 6.07) is 24.6. The SMILES string of the molecule is Nc1ccc(-c2cc(-c3ccc4ccccc4c3)n[nH]2)cc1. The predicted molar refractivity (Wildman–Crippen MR) is 91.4 cm³/mol. The largest absolute Gasteiger partial charge is 0.399 e. The molecule has 0 aliphatic rings. The standard InChI is InChI=1S/C19H15N3/c20-17-9-7-14(8-10-17)18-12-19(22-21-18)16-6-5-13-3-1-2-4-15(13)11-16/h1-12H,20H2,(H,21,22). The highest BCUT2D eigenvalue weighted by atomic mass is 15.1.